The molecule has 1 saturated carbocycles. The highest BCUT2D eigenvalue weighted by molar-refractivity contribution is 4.93. The van der Waals surface area contributed by atoms with Crippen LogP contribution in [0.25, 0.3) is 0 Å². The van der Waals surface area contributed by atoms with Crippen LogP contribution in [0, 0.1) is 5.92 Å². The summed E-state index contributed by atoms with van der Waals surface area (Å²) in [7, 11) is 0. The molecule has 2 aliphatic rings. The van der Waals surface area contributed by atoms with Crippen LogP contribution in [0.4, 0.5) is 0 Å². The minimum atomic E-state index is 0.638. The van der Waals surface area contributed by atoms with Crippen LogP contribution >= 0.6 is 0 Å². The van der Waals surface area contributed by atoms with Gasteiger partial charge in [-0.2, -0.15) is 0 Å². The van der Waals surface area contributed by atoms with E-state index in [-0.39, 0.29) is 0 Å². The van der Waals surface area contributed by atoms with Crippen LogP contribution in [0.3, 0.4) is 0 Å². The third kappa shape index (κ3) is 1.66. The predicted octanol–water partition coefficient (Wildman–Crippen LogP) is 0.592. The molecule has 1 unspecified atom stereocenters. The predicted molar refractivity (Wildman–Crippen MR) is 52.9 cm³/mol. The maximum atomic E-state index is 4.08. The van der Waals surface area contributed by atoms with Gasteiger partial charge in [0.1, 0.15) is 12.2 Å². The van der Waals surface area contributed by atoms with E-state index in [0.717, 1.165) is 24.7 Å². The molecule has 0 saturated heterocycles. The summed E-state index contributed by atoms with van der Waals surface area (Å²) in [6.07, 6.45) is 6.99. The van der Waals surface area contributed by atoms with Gasteiger partial charge in [-0.05, 0) is 31.7 Å². The summed E-state index contributed by atoms with van der Waals surface area (Å²) in [5, 5.41) is 11.7. The number of fused-ring (bicyclic) bond motifs is 1. The molecular weight excluding hydrogens is 176 g/mol. The molecule has 2 heterocycles. The van der Waals surface area contributed by atoms with E-state index in [0.29, 0.717) is 6.04 Å². The first kappa shape index (κ1) is 8.41. The molecule has 1 N–H and O–H groups in total. The highest BCUT2D eigenvalue weighted by Gasteiger charge is 2.24. The number of nitrogens with one attached hydrogen (secondary N) is 1. The first-order valence-corrected chi connectivity index (χ1v) is 5.52. The second-order valence-electron chi connectivity index (χ2n) is 4.49. The van der Waals surface area contributed by atoms with Crippen LogP contribution in [0.5, 0.6) is 0 Å². The third-order valence-corrected chi connectivity index (χ3v) is 3.22. The summed E-state index contributed by atoms with van der Waals surface area (Å²) in [5.41, 5.74) is 0. The van der Waals surface area contributed by atoms with E-state index in [1.165, 1.54) is 25.8 Å². The second-order valence-corrected chi connectivity index (χ2v) is 4.49. The van der Waals surface area contributed by atoms with E-state index in [4.69, 9.17) is 0 Å². The van der Waals surface area contributed by atoms with Crippen LogP contribution in [0.1, 0.15) is 25.1 Å². The van der Waals surface area contributed by atoms with Crippen molar-refractivity contribution in [3.63, 3.8) is 0 Å². The van der Waals surface area contributed by atoms with Crippen molar-refractivity contribution in [2.75, 3.05) is 6.54 Å². The Kier molecular flexibility index (Phi) is 2.01. The standard InChI is InChI=1S/C10H16N4/c1-2-8(1)5-11-9-3-4-10-13-12-7-14(10)6-9/h7-9,11H,1-6H2. The molecule has 4 heteroatoms. The second kappa shape index (κ2) is 3.35. The van der Waals surface area contributed by atoms with Crippen molar-refractivity contribution in [3.8, 4) is 0 Å². The van der Waals surface area contributed by atoms with E-state index in [2.05, 4.69) is 20.1 Å². The lowest BCUT2D eigenvalue weighted by Gasteiger charge is -2.24. The van der Waals surface area contributed by atoms with Gasteiger partial charge in [-0.25, -0.2) is 0 Å². The molecule has 3 rings (SSSR count). The lowest BCUT2D eigenvalue weighted by Crippen LogP contribution is -2.38. The van der Waals surface area contributed by atoms with Crippen LogP contribution in [0.15, 0.2) is 6.33 Å². The van der Waals surface area contributed by atoms with Gasteiger partial charge in [-0.3, -0.25) is 0 Å². The van der Waals surface area contributed by atoms with Gasteiger partial charge >= 0.3 is 0 Å². The first-order chi connectivity index (χ1) is 6.92. The van der Waals surface area contributed by atoms with E-state index < -0.39 is 0 Å². The fraction of sp³-hybridized carbons (Fsp3) is 0.800. The van der Waals surface area contributed by atoms with Gasteiger partial charge in [0.05, 0.1) is 0 Å². The molecule has 0 aromatic carbocycles. The summed E-state index contributed by atoms with van der Waals surface area (Å²) in [6, 6.07) is 0.638. The zero-order valence-corrected chi connectivity index (χ0v) is 8.32. The number of hydrogen-bond acceptors (Lipinski definition) is 3. The van der Waals surface area contributed by atoms with Crippen LogP contribution < -0.4 is 5.32 Å². The molecule has 0 radical (unpaired) electrons. The molecule has 76 valence electrons. The van der Waals surface area contributed by atoms with Crippen molar-refractivity contribution in [3.05, 3.63) is 12.2 Å². The number of aromatic nitrogens is 3. The molecule has 0 amide bonds. The average molecular weight is 192 g/mol. The molecule has 1 aliphatic heterocycles. The smallest absolute Gasteiger partial charge is 0.132 e. The van der Waals surface area contributed by atoms with Gasteiger partial charge < -0.3 is 9.88 Å². The van der Waals surface area contributed by atoms with E-state index in [9.17, 15) is 0 Å². The Labute approximate surface area is 83.7 Å². The SMILES string of the molecule is c1nnc2n1CC(NCC1CC1)CC2. The van der Waals surface area contributed by atoms with Crippen LogP contribution in [-0.4, -0.2) is 27.4 Å². The van der Waals surface area contributed by atoms with Gasteiger partial charge in [-0.1, -0.05) is 0 Å². The topological polar surface area (TPSA) is 42.7 Å². The lowest BCUT2D eigenvalue weighted by molar-refractivity contribution is 0.375. The van der Waals surface area contributed by atoms with Crippen molar-refractivity contribution in [2.24, 2.45) is 5.92 Å². The average Bonchev–Trinajstić information content (AvgIpc) is 2.92. The third-order valence-electron chi connectivity index (χ3n) is 3.22. The zero-order valence-electron chi connectivity index (χ0n) is 8.32. The van der Waals surface area contributed by atoms with Crippen molar-refractivity contribution in [1.82, 2.24) is 20.1 Å². The quantitative estimate of drug-likeness (QED) is 0.762. The Balaban J connectivity index is 1.57. The minimum absolute atomic E-state index is 0.638. The monoisotopic (exact) mass is 192 g/mol. The normalized spacial score (nSPS) is 26.1. The van der Waals surface area contributed by atoms with E-state index in [1.807, 2.05) is 6.33 Å². The largest absolute Gasteiger partial charge is 0.316 e. The molecule has 1 aliphatic carbocycles. The Hall–Kier alpha value is -0.900. The van der Waals surface area contributed by atoms with Gasteiger partial charge in [0.25, 0.3) is 0 Å². The highest BCUT2D eigenvalue weighted by Crippen LogP contribution is 2.28. The molecule has 0 spiro atoms. The maximum absolute atomic E-state index is 4.08. The van der Waals surface area contributed by atoms with Crippen molar-refractivity contribution < 1.29 is 0 Å². The van der Waals surface area contributed by atoms with Crippen molar-refractivity contribution in [2.45, 2.75) is 38.3 Å². The summed E-state index contributed by atoms with van der Waals surface area (Å²) >= 11 is 0. The zero-order chi connectivity index (χ0) is 9.38. The summed E-state index contributed by atoms with van der Waals surface area (Å²) in [6.45, 7) is 2.26. The minimum Gasteiger partial charge on any atom is -0.316 e. The molecule has 1 aromatic rings. The van der Waals surface area contributed by atoms with Gasteiger partial charge in [0, 0.05) is 19.0 Å². The molecule has 4 nitrogen and oxygen atoms in total. The number of nitrogens with zero attached hydrogens (tertiary/aromatic N) is 3. The van der Waals surface area contributed by atoms with Crippen LogP contribution in [-0.2, 0) is 13.0 Å². The first-order valence-electron chi connectivity index (χ1n) is 5.52. The molecule has 1 fully saturated rings. The summed E-state index contributed by atoms with van der Waals surface area (Å²) in [4.78, 5) is 0. The Morgan fingerprint density at radius 3 is 3.21 bits per heavy atom. The Morgan fingerprint density at radius 1 is 1.43 bits per heavy atom. The fourth-order valence-electron chi connectivity index (χ4n) is 2.08. The molecule has 1 atom stereocenters. The fourth-order valence-corrected chi connectivity index (χ4v) is 2.08. The van der Waals surface area contributed by atoms with Crippen LogP contribution in [0.2, 0.25) is 0 Å². The van der Waals surface area contributed by atoms with Gasteiger partial charge in [0.15, 0.2) is 0 Å². The maximum Gasteiger partial charge on any atom is 0.132 e. The van der Waals surface area contributed by atoms with Crippen molar-refractivity contribution >= 4 is 0 Å². The van der Waals surface area contributed by atoms with E-state index in [1.54, 1.807) is 0 Å². The molecule has 1 aromatic heterocycles. The summed E-state index contributed by atoms with van der Waals surface area (Å²) in [5.74, 6) is 2.12. The molecule has 14 heavy (non-hydrogen) atoms. The number of aryl methyl sites for hydroxylation is 1. The van der Waals surface area contributed by atoms with Crippen molar-refractivity contribution in [1.29, 1.82) is 0 Å². The highest BCUT2D eigenvalue weighted by atomic mass is 15.3. The van der Waals surface area contributed by atoms with Gasteiger partial charge in [-0.15, -0.1) is 10.2 Å². The number of rotatable bonds is 3. The summed E-state index contributed by atoms with van der Waals surface area (Å²) < 4.78 is 2.17. The Bertz CT molecular complexity index is 316. The Morgan fingerprint density at radius 2 is 2.36 bits per heavy atom. The lowest BCUT2D eigenvalue weighted by atomic mass is 10.1. The molecular formula is C10H16N4. The molecule has 0 bridgehead atoms. The van der Waals surface area contributed by atoms with E-state index >= 15 is 0 Å². The number of hydrogen-bond donors (Lipinski definition) is 1. The van der Waals surface area contributed by atoms with Gasteiger partial charge in [0.2, 0.25) is 0 Å².